The highest BCUT2D eigenvalue weighted by Crippen LogP contribution is 2.34. The average Bonchev–Trinajstić information content (AvgIpc) is 2.93. The largest absolute Gasteiger partial charge is 0.362 e. The normalized spacial score (nSPS) is 13.9. The number of rotatable bonds is 10. The molecule has 5 rings (SSSR count). The maximum atomic E-state index is 14.1. The van der Waals surface area contributed by atoms with E-state index >= 15 is 0 Å². The van der Waals surface area contributed by atoms with Crippen LogP contribution in [-0.2, 0) is 12.3 Å². The molecule has 4 nitrogen and oxygen atoms in total. The minimum Gasteiger partial charge on any atom is -0.362 e. The van der Waals surface area contributed by atoms with Gasteiger partial charge in [0.2, 0.25) is 0 Å². The predicted octanol–water partition coefficient (Wildman–Crippen LogP) is 9.56. The molecule has 0 spiro atoms. The molecule has 1 unspecified atom stereocenters. The van der Waals surface area contributed by atoms with Crippen molar-refractivity contribution in [3.63, 3.8) is 0 Å². The van der Waals surface area contributed by atoms with E-state index in [1.165, 1.54) is 18.9 Å². The third-order valence-electron chi connectivity index (χ3n) is 7.46. The van der Waals surface area contributed by atoms with Crippen LogP contribution in [0.4, 0.5) is 20.3 Å². The lowest BCUT2D eigenvalue weighted by molar-refractivity contribution is -0.00829. The number of hydrogen-bond acceptors (Lipinski definition) is 4. The van der Waals surface area contributed by atoms with Gasteiger partial charge >= 0.3 is 0 Å². The van der Waals surface area contributed by atoms with Gasteiger partial charge in [0.05, 0.1) is 6.04 Å². The summed E-state index contributed by atoms with van der Waals surface area (Å²) in [5, 5.41) is 7.77. The van der Waals surface area contributed by atoms with Crippen molar-refractivity contribution >= 4 is 23.1 Å². The first-order valence-electron chi connectivity index (χ1n) is 13.7. The third-order valence-corrected chi connectivity index (χ3v) is 7.81. The highest BCUT2D eigenvalue weighted by atomic mass is 35.5. The SMILES string of the molecule is CCC(F)(F)c1ccc(CC(Nc2ccc(-c3nccnc3NC(C)c3ccccc3Cl)cc2)=C2CCC2)cc1. The standard InChI is InChI=1S/C33H33ClF2N4/c1-3-33(35,36)26-15-11-23(12-16-26)21-30(24-7-6-8-24)40-27-17-13-25(14-18-27)31-32(38-20-19-37-31)39-22(2)28-9-4-5-10-29(28)34/h4-5,9-20,22,40H,3,6-8,21H2,1-2H3,(H,38,39). The Morgan fingerprint density at radius 1 is 0.950 bits per heavy atom. The highest BCUT2D eigenvalue weighted by molar-refractivity contribution is 6.31. The summed E-state index contributed by atoms with van der Waals surface area (Å²) in [6, 6.07) is 22.6. The monoisotopic (exact) mass is 558 g/mol. The molecule has 0 saturated heterocycles. The van der Waals surface area contributed by atoms with E-state index in [-0.39, 0.29) is 18.0 Å². The molecule has 0 aliphatic heterocycles. The minimum absolute atomic E-state index is 0.0518. The first-order chi connectivity index (χ1) is 19.3. The number of aromatic nitrogens is 2. The van der Waals surface area contributed by atoms with Gasteiger partial charge in [-0.15, -0.1) is 0 Å². The van der Waals surface area contributed by atoms with E-state index in [9.17, 15) is 8.78 Å². The van der Waals surface area contributed by atoms with Crippen molar-refractivity contribution in [1.29, 1.82) is 0 Å². The molecule has 1 aromatic heterocycles. The molecule has 1 saturated carbocycles. The number of nitrogens with zero attached hydrogens (tertiary/aromatic N) is 2. The molecular formula is C33H33ClF2N4. The molecule has 3 aromatic carbocycles. The van der Waals surface area contributed by atoms with E-state index in [1.54, 1.807) is 24.5 Å². The summed E-state index contributed by atoms with van der Waals surface area (Å²) in [5.41, 5.74) is 7.27. The summed E-state index contributed by atoms with van der Waals surface area (Å²) in [5.74, 6) is -2.11. The van der Waals surface area contributed by atoms with Gasteiger partial charge in [0.15, 0.2) is 5.82 Å². The van der Waals surface area contributed by atoms with Crippen LogP contribution >= 0.6 is 11.6 Å². The fraction of sp³-hybridized carbons (Fsp3) is 0.273. The molecule has 0 bridgehead atoms. The number of anilines is 2. The minimum atomic E-state index is -2.79. The summed E-state index contributed by atoms with van der Waals surface area (Å²) < 4.78 is 28.1. The van der Waals surface area contributed by atoms with Gasteiger partial charge < -0.3 is 10.6 Å². The van der Waals surface area contributed by atoms with Crippen LogP contribution in [0.25, 0.3) is 11.3 Å². The summed E-state index contributed by atoms with van der Waals surface area (Å²) >= 11 is 6.40. The fourth-order valence-electron chi connectivity index (χ4n) is 4.84. The lowest BCUT2D eigenvalue weighted by Gasteiger charge is -2.24. The Bertz CT molecular complexity index is 1480. The van der Waals surface area contributed by atoms with Gasteiger partial charge in [0.25, 0.3) is 5.92 Å². The molecule has 0 amide bonds. The predicted molar refractivity (Wildman–Crippen MR) is 160 cm³/mol. The Kier molecular flexibility index (Phi) is 8.46. The van der Waals surface area contributed by atoms with E-state index in [4.69, 9.17) is 11.6 Å². The van der Waals surface area contributed by atoms with Crippen molar-refractivity contribution in [1.82, 2.24) is 9.97 Å². The second-order valence-electron chi connectivity index (χ2n) is 10.2. The van der Waals surface area contributed by atoms with Crippen LogP contribution in [0.1, 0.15) is 62.3 Å². The highest BCUT2D eigenvalue weighted by Gasteiger charge is 2.28. The Hall–Kier alpha value is -3.77. The zero-order chi connectivity index (χ0) is 28.1. The van der Waals surface area contributed by atoms with E-state index < -0.39 is 5.92 Å². The lowest BCUT2D eigenvalue weighted by Crippen LogP contribution is -2.13. The van der Waals surface area contributed by atoms with E-state index in [0.717, 1.165) is 46.6 Å². The van der Waals surface area contributed by atoms with Gasteiger partial charge in [-0.1, -0.05) is 78.7 Å². The van der Waals surface area contributed by atoms with E-state index in [2.05, 4.69) is 20.6 Å². The lowest BCUT2D eigenvalue weighted by atomic mass is 9.88. The van der Waals surface area contributed by atoms with Crippen LogP contribution in [-0.4, -0.2) is 9.97 Å². The number of alkyl halides is 2. The van der Waals surface area contributed by atoms with Gasteiger partial charge in [0, 0.05) is 52.8 Å². The number of halogens is 3. The molecule has 0 radical (unpaired) electrons. The van der Waals surface area contributed by atoms with Crippen molar-refractivity contribution in [3.05, 3.63) is 118 Å². The number of nitrogens with one attached hydrogen (secondary N) is 2. The maximum Gasteiger partial charge on any atom is 0.273 e. The molecule has 4 aromatic rings. The van der Waals surface area contributed by atoms with E-state index in [0.29, 0.717) is 17.3 Å². The molecule has 2 N–H and O–H groups in total. The third kappa shape index (κ3) is 6.34. The maximum absolute atomic E-state index is 14.1. The van der Waals surface area contributed by atoms with Crippen LogP contribution in [0.15, 0.2) is 96.5 Å². The second-order valence-corrected chi connectivity index (χ2v) is 10.6. The molecule has 1 aliphatic carbocycles. The Morgan fingerprint density at radius 3 is 2.30 bits per heavy atom. The molecule has 206 valence electrons. The smallest absolute Gasteiger partial charge is 0.273 e. The van der Waals surface area contributed by atoms with Crippen molar-refractivity contribution in [2.75, 3.05) is 10.6 Å². The second kappa shape index (κ2) is 12.2. The molecular weight excluding hydrogens is 526 g/mol. The molecule has 1 heterocycles. The number of benzene rings is 3. The van der Waals surface area contributed by atoms with E-state index in [1.807, 2.05) is 67.6 Å². The molecule has 1 atom stereocenters. The van der Waals surface area contributed by atoms with Crippen LogP contribution in [0.3, 0.4) is 0 Å². The van der Waals surface area contributed by atoms with Gasteiger partial charge in [-0.25, -0.2) is 13.8 Å². The zero-order valence-electron chi connectivity index (χ0n) is 22.7. The van der Waals surface area contributed by atoms with Crippen molar-refractivity contribution < 1.29 is 8.78 Å². The number of allylic oxidation sites excluding steroid dienone is 2. The quantitative estimate of drug-likeness (QED) is 0.203. The average molecular weight is 559 g/mol. The first-order valence-corrected chi connectivity index (χ1v) is 14.1. The number of hydrogen-bond donors (Lipinski definition) is 2. The van der Waals surface area contributed by atoms with Crippen LogP contribution in [0.5, 0.6) is 0 Å². The molecule has 40 heavy (non-hydrogen) atoms. The Labute approximate surface area is 239 Å². The topological polar surface area (TPSA) is 49.8 Å². The van der Waals surface area contributed by atoms with Gasteiger partial charge in [-0.3, -0.25) is 4.98 Å². The summed E-state index contributed by atoms with van der Waals surface area (Å²) in [6.07, 6.45) is 7.13. The van der Waals surface area contributed by atoms with Crippen molar-refractivity contribution in [2.45, 2.75) is 57.9 Å². The fourth-order valence-corrected chi connectivity index (χ4v) is 5.14. The molecule has 1 aliphatic rings. The molecule has 1 fully saturated rings. The van der Waals surface area contributed by atoms with Crippen molar-refractivity contribution in [3.8, 4) is 11.3 Å². The summed E-state index contributed by atoms with van der Waals surface area (Å²) in [7, 11) is 0. The summed E-state index contributed by atoms with van der Waals surface area (Å²) in [6.45, 7) is 3.55. The van der Waals surface area contributed by atoms with Gasteiger partial charge in [-0.05, 0) is 55.5 Å². The van der Waals surface area contributed by atoms with Crippen LogP contribution in [0, 0.1) is 0 Å². The van der Waals surface area contributed by atoms with Gasteiger partial charge in [-0.2, -0.15) is 0 Å². The summed E-state index contributed by atoms with van der Waals surface area (Å²) in [4.78, 5) is 9.15. The Balaban J connectivity index is 1.31. The van der Waals surface area contributed by atoms with Gasteiger partial charge in [0.1, 0.15) is 5.69 Å². The Morgan fingerprint density at radius 2 is 1.65 bits per heavy atom. The first kappa shape index (κ1) is 27.8. The van der Waals surface area contributed by atoms with Crippen LogP contribution < -0.4 is 10.6 Å². The van der Waals surface area contributed by atoms with Crippen molar-refractivity contribution in [2.24, 2.45) is 0 Å². The zero-order valence-corrected chi connectivity index (χ0v) is 23.5. The van der Waals surface area contributed by atoms with Crippen LogP contribution in [0.2, 0.25) is 5.02 Å². The molecule has 7 heteroatoms.